The molecule has 0 spiro atoms. The standard InChI is InChI=1S/C26H18O8/c1-29-16-6-8-17(9-7-16)32-23-14-31-21-13-18(10-11-19(21)24(23)27)33-26(28)22-12-15-4-3-5-20(30-2)25(15)34-22/h3-14H,1-2H3. The van der Waals surface area contributed by atoms with Gasteiger partial charge in [0.25, 0.3) is 0 Å². The van der Waals surface area contributed by atoms with E-state index in [1.807, 2.05) is 0 Å². The third kappa shape index (κ3) is 3.93. The smallest absolute Gasteiger partial charge is 0.379 e. The van der Waals surface area contributed by atoms with Gasteiger partial charge in [-0.3, -0.25) is 4.79 Å². The minimum atomic E-state index is -0.695. The first-order valence-electron chi connectivity index (χ1n) is 10.2. The van der Waals surface area contributed by atoms with E-state index in [0.717, 1.165) is 0 Å². The fourth-order valence-corrected chi connectivity index (χ4v) is 3.45. The fourth-order valence-electron chi connectivity index (χ4n) is 3.45. The zero-order valence-electron chi connectivity index (χ0n) is 18.2. The SMILES string of the molecule is COc1ccc(Oc2coc3cc(OC(=O)c4cc5cccc(OC)c5o4)ccc3c2=O)cc1. The van der Waals surface area contributed by atoms with E-state index in [1.165, 1.54) is 31.6 Å². The van der Waals surface area contributed by atoms with Crippen LogP contribution in [0.25, 0.3) is 21.9 Å². The van der Waals surface area contributed by atoms with Gasteiger partial charge in [-0.2, -0.15) is 0 Å². The molecule has 0 N–H and O–H groups in total. The lowest BCUT2D eigenvalue weighted by Crippen LogP contribution is -2.08. The predicted octanol–water partition coefficient (Wildman–Crippen LogP) is 5.57. The maximum absolute atomic E-state index is 12.8. The summed E-state index contributed by atoms with van der Waals surface area (Å²) in [5, 5.41) is 0.986. The molecule has 3 aromatic carbocycles. The quantitative estimate of drug-likeness (QED) is 0.241. The first-order chi connectivity index (χ1) is 16.6. The van der Waals surface area contributed by atoms with Gasteiger partial charge in [0.2, 0.25) is 16.9 Å². The second-order valence-electron chi connectivity index (χ2n) is 7.24. The summed E-state index contributed by atoms with van der Waals surface area (Å²) in [6, 6.07) is 18.2. The van der Waals surface area contributed by atoms with E-state index in [4.69, 9.17) is 27.8 Å². The highest BCUT2D eigenvalue weighted by atomic mass is 16.5. The van der Waals surface area contributed by atoms with Crippen molar-refractivity contribution in [2.45, 2.75) is 0 Å². The molecule has 0 aliphatic carbocycles. The Labute approximate surface area is 192 Å². The van der Waals surface area contributed by atoms with Crippen molar-refractivity contribution in [2.75, 3.05) is 14.2 Å². The maximum atomic E-state index is 12.8. The van der Waals surface area contributed by atoms with Gasteiger partial charge < -0.3 is 27.8 Å². The van der Waals surface area contributed by atoms with Crippen LogP contribution in [0.1, 0.15) is 10.6 Å². The lowest BCUT2D eigenvalue weighted by molar-refractivity contribution is 0.0704. The molecule has 0 aliphatic rings. The minimum Gasteiger partial charge on any atom is -0.497 e. The Morgan fingerprint density at radius 2 is 1.59 bits per heavy atom. The molecule has 0 amide bonds. The van der Waals surface area contributed by atoms with Crippen LogP contribution in [0.4, 0.5) is 0 Å². The van der Waals surface area contributed by atoms with Crippen molar-refractivity contribution in [2.24, 2.45) is 0 Å². The van der Waals surface area contributed by atoms with E-state index in [2.05, 4.69) is 0 Å². The number of methoxy groups -OCH3 is 2. The number of carbonyl (C=O) groups is 1. The van der Waals surface area contributed by atoms with Crippen LogP contribution in [0.5, 0.6) is 28.7 Å². The van der Waals surface area contributed by atoms with Crippen molar-refractivity contribution < 1.29 is 32.6 Å². The van der Waals surface area contributed by atoms with Crippen LogP contribution in [0.15, 0.2) is 86.6 Å². The second kappa shape index (κ2) is 8.67. The molecule has 0 fully saturated rings. The average molecular weight is 458 g/mol. The molecular weight excluding hydrogens is 440 g/mol. The van der Waals surface area contributed by atoms with Crippen molar-refractivity contribution in [3.8, 4) is 28.7 Å². The molecule has 0 bridgehead atoms. The van der Waals surface area contributed by atoms with Gasteiger partial charge in [-0.05, 0) is 48.5 Å². The van der Waals surface area contributed by atoms with Gasteiger partial charge in [0.05, 0.1) is 19.6 Å². The third-order valence-electron chi connectivity index (χ3n) is 5.14. The maximum Gasteiger partial charge on any atom is 0.379 e. The Morgan fingerprint density at radius 3 is 2.35 bits per heavy atom. The van der Waals surface area contributed by atoms with Gasteiger partial charge in [-0.1, -0.05) is 12.1 Å². The molecule has 2 aromatic heterocycles. The molecule has 2 heterocycles. The van der Waals surface area contributed by atoms with Crippen molar-refractivity contribution in [3.05, 3.63) is 89.0 Å². The molecule has 5 aromatic rings. The number of fused-ring (bicyclic) bond motifs is 2. The molecule has 0 aliphatic heterocycles. The van der Waals surface area contributed by atoms with Gasteiger partial charge in [0.1, 0.15) is 29.1 Å². The lowest BCUT2D eigenvalue weighted by atomic mass is 10.2. The monoisotopic (exact) mass is 458 g/mol. The molecule has 0 atom stereocenters. The van der Waals surface area contributed by atoms with Gasteiger partial charge in [0.15, 0.2) is 11.3 Å². The fraction of sp³-hybridized carbons (Fsp3) is 0.0769. The Bertz CT molecular complexity index is 1560. The molecule has 8 nitrogen and oxygen atoms in total. The van der Waals surface area contributed by atoms with Crippen molar-refractivity contribution in [1.82, 2.24) is 0 Å². The van der Waals surface area contributed by atoms with Crippen molar-refractivity contribution >= 4 is 27.9 Å². The zero-order valence-corrected chi connectivity index (χ0v) is 18.2. The summed E-state index contributed by atoms with van der Waals surface area (Å²) in [6.07, 6.45) is 1.21. The lowest BCUT2D eigenvalue weighted by Gasteiger charge is -2.07. The largest absolute Gasteiger partial charge is 0.497 e. The number of hydrogen-bond donors (Lipinski definition) is 0. The van der Waals surface area contributed by atoms with Crippen molar-refractivity contribution in [1.29, 1.82) is 0 Å². The van der Waals surface area contributed by atoms with Gasteiger partial charge in [0, 0.05) is 11.5 Å². The van der Waals surface area contributed by atoms with E-state index < -0.39 is 5.97 Å². The van der Waals surface area contributed by atoms with Crippen LogP contribution < -0.4 is 24.4 Å². The summed E-state index contributed by atoms with van der Waals surface area (Å²) < 4.78 is 32.6. The topological polar surface area (TPSA) is 97.3 Å². The summed E-state index contributed by atoms with van der Waals surface area (Å²) in [5.74, 6) is 1.18. The Balaban J connectivity index is 1.38. The Morgan fingerprint density at radius 1 is 0.824 bits per heavy atom. The predicted molar refractivity (Wildman–Crippen MR) is 123 cm³/mol. The van der Waals surface area contributed by atoms with Crippen LogP contribution in [-0.2, 0) is 0 Å². The number of esters is 1. The van der Waals surface area contributed by atoms with E-state index in [-0.39, 0.29) is 33.7 Å². The number of para-hydroxylation sites is 1. The van der Waals surface area contributed by atoms with Gasteiger partial charge >= 0.3 is 5.97 Å². The third-order valence-corrected chi connectivity index (χ3v) is 5.14. The van der Waals surface area contributed by atoms with Crippen LogP contribution in [0.3, 0.4) is 0 Å². The molecular formula is C26H18O8. The van der Waals surface area contributed by atoms with E-state index in [9.17, 15) is 9.59 Å². The summed E-state index contributed by atoms with van der Waals surface area (Å²) in [7, 11) is 3.08. The first-order valence-corrected chi connectivity index (χ1v) is 10.2. The summed E-state index contributed by atoms with van der Waals surface area (Å²) in [5.41, 5.74) is 0.328. The van der Waals surface area contributed by atoms with Crippen molar-refractivity contribution in [3.63, 3.8) is 0 Å². The molecule has 5 rings (SSSR count). The second-order valence-corrected chi connectivity index (χ2v) is 7.24. The number of carbonyl (C=O) groups excluding carboxylic acids is 1. The Kier molecular flexibility index (Phi) is 5.39. The number of furan rings is 1. The van der Waals surface area contributed by atoms with Gasteiger partial charge in [-0.15, -0.1) is 0 Å². The highest BCUT2D eigenvalue weighted by Gasteiger charge is 2.18. The Hall–Kier alpha value is -4.72. The minimum absolute atomic E-state index is 0.0179. The van der Waals surface area contributed by atoms with Gasteiger partial charge in [-0.25, -0.2) is 4.79 Å². The van der Waals surface area contributed by atoms with Crippen LogP contribution in [-0.4, -0.2) is 20.2 Å². The molecule has 0 saturated heterocycles. The molecule has 170 valence electrons. The van der Waals surface area contributed by atoms with E-state index >= 15 is 0 Å². The van der Waals surface area contributed by atoms with Crippen LogP contribution in [0, 0.1) is 0 Å². The number of rotatable bonds is 6. The highest BCUT2D eigenvalue weighted by molar-refractivity contribution is 5.95. The normalized spacial score (nSPS) is 10.9. The average Bonchev–Trinajstić information content (AvgIpc) is 3.31. The molecule has 34 heavy (non-hydrogen) atoms. The van der Waals surface area contributed by atoms with E-state index in [0.29, 0.717) is 28.2 Å². The molecule has 0 radical (unpaired) electrons. The zero-order chi connectivity index (χ0) is 23.7. The summed E-state index contributed by atoms with van der Waals surface area (Å²) >= 11 is 0. The molecule has 8 heteroatoms. The summed E-state index contributed by atoms with van der Waals surface area (Å²) in [6.45, 7) is 0. The number of hydrogen-bond acceptors (Lipinski definition) is 8. The van der Waals surface area contributed by atoms with E-state index in [1.54, 1.807) is 55.6 Å². The van der Waals surface area contributed by atoms with Crippen LogP contribution in [0.2, 0.25) is 0 Å². The highest BCUT2D eigenvalue weighted by Crippen LogP contribution is 2.30. The molecule has 0 unspecified atom stereocenters. The van der Waals surface area contributed by atoms with Crippen LogP contribution >= 0.6 is 0 Å². The summed E-state index contributed by atoms with van der Waals surface area (Å²) in [4.78, 5) is 25.4. The first kappa shape index (κ1) is 21.1. The number of benzene rings is 3. The molecule has 0 saturated carbocycles. The number of ether oxygens (including phenoxy) is 4.